The van der Waals surface area contributed by atoms with E-state index in [0.29, 0.717) is 44.8 Å². The van der Waals surface area contributed by atoms with Crippen LogP contribution in [0, 0.1) is 0 Å². The van der Waals surface area contributed by atoms with Gasteiger partial charge < -0.3 is 18.9 Å². The molecule has 3 aromatic carbocycles. The number of nitrogens with one attached hydrogen (secondary N) is 2. The van der Waals surface area contributed by atoms with Gasteiger partial charge in [-0.15, -0.1) is 0 Å². The topological polar surface area (TPSA) is 120 Å². The Labute approximate surface area is 217 Å². The van der Waals surface area contributed by atoms with Gasteiger partial charge in [0.15, 0.2) is 23.0 Å². The summed E-state index contributed by atoms with van der Waals surface area (Å²) < 4.78 is 21.7. The van der Waals surface area contributed by atoms with Gasteiger partial charge in [-0.25, -0.2) is 10.1 Å². The fourth-order valence-corrected chi connectivity index (χ4v) is 3.61. The maximum atomic E-state index is 13.0. The summed E-state index contributed by atoms with van der Waals surface area (Å²) in [5.41, 5.74) is 4.49. The van der Waals surface area contributed by atoms with Crippen LogP contribution in [0.3, 0.4) is 0 Å². The van der Waals surface area contributed by atoms with Crippen LogP contribution in [0.15, 0.2) is 70.6 Å². The highest BCUT2D eigenvalue weighted by Crippen LogP contribution is 2.38. The number of hydrogen-bond donors (Lipinski definition) is 2. The van der Waals surface area contributed by atoms with Crippen LogP contribution < -0.4 is 29.9 Å². The van der Waals surface area contributed by atoms with Gasteiger partial charge in [-0.2, -0.15) is 10.2 Å². The first kappa shape index (κ1) is 25.5. The molecular weight excluding hydrogens is 498 g/mol. The highest BCUT2D eigenvalue weighted by Gasteiger charge is 2.21. The van der Waals surface area contributed by atoms with Crippen molar-refractivity contribution in [2.75, 3.05) is 33.9 Å². The second kappa shape index (κ2) is 11.4. The fraction of sp³-hybridized carbons (Fsp3) is 0.154. The molecule has 1 heterocycles. The SMILES string of the molecule is COc1ccc(N/N=C(\c2cc(OC)c(OC)c(OC)c2)c2nc(-c3ccc(Cl)cc3)n[nH]c2=O)cc1. The van der Waals surface area contributed by atoms with E-state index in [1.54, 1.807) is 67.8 Å². The molecule has 0 spiro atoms. The molecular formula is C26H24ClN5O5. The van der Waals surface area contributed by atoms with Crippen molar-refractivity contribution in [3.05, 3.63) is 87.3 Å². The monoisotopic (exact) mass is 521 g/mol. The Bertz CT molecular complexity index is 1450. The van der Waals surface area contributed by atoms with Gasteiger partial charge in [0.25, 0.3) is 5.56 Å². The van der Waals surface area contributed by atoms with Crippen LogP contribution in [0.2, 0.25) is 5.02 Å². The summed E-state index contributed by atoms with van der Waals surface area (Å²) in [6, 6.07) is 17.4. The highest BCUT2D eigenvalue weighted by molar-refractivity contribution is 6.30. The number of anilines is 1. The first-order chi connectivity index (χ1) is 18.0. The van der Waals surface area contributed by atoms with E-state index in [1.165, 1.54) is 21.3 Å². The molecule has 37 heavy (non-hydrogen) atoms. The lowest BCUT2D eigenvalue weighted by molar-refractivity contribution is 0.324. The highest BCUT2D eigenvalue weighted by atomic mass is 35.5. The largest absolute Gasteiger partial charge is 0.497 e. The van der Waals surface area contributed by atoms with Crippen molar-refractivity contribution in [1.82, 2.24) is 15.2 Å². The van der Waals surface area contributed by atoms with Crippen LogP contribution in [0.1, 0.15) is 11.3 Å². The second-order valence-corrected chi connectivity index (χ2v) is 7.99. The molecule has 4 rings (SSSR count). The number of aromatic amines is 1. The van der Waals surface area contributed by atoms with Crippen molar-refractivity contribution in [3.63, 3.8) is 0 Å². The predicted octanol–water partition coefficient (Wildman–Crippen LogP) is 4.38. The van der Waals surface area contributed by atoms with Crippen molar-refractivity contribution in [2.45, 2.75) is 0 Å². The molecule has 10 nitrogen and oxygen atoms in total. The van der Waals surface area contributed by atoms with Crippen molar-refractivity contribution in [1.29, 1.82) is 0 Å². The van der Waals surface area contributed by atoms with Gasteiger partial charge in [-0.1, -0.05) is 11.6 Å². The summed E-state index contributed by atoms with van der Waals surface area (Å²) in [5.74, 6) is 2.15. The molecule has 0 aliphatic carbocycles. The van der Waals surface area contributed by atoms with Crippen LogP contribution in [-0.2, 0) is 0 Å². The molecule has 0 atom stereocenters. The molecule has 0 saturated heterocycles. The predicted molar refractivity (Wildman–Crippen MR) is 141 cm³/mol. The minimum Gasteiger partial charge on any atom is -0.497 e. The maximum absolute atomic E-state index is 13.0. The third-order valence-corrected chi connectivity index (χ3v) is 5.60. The van der Waals surface area contributed by atoms with Crippen LogP contribution in [-0.4, -0.2) is 49.3 Å². The van der Waals surface area contributed by atoms with Crippen molar-refractivity contribution < 1.29 is 18.9 Å². The smallest absolute Gasteiger partial charge is 0.292 e. The van der Waals surface area contributed by atoms with Gasteiger partial charge in [0.2, 0.25) is 5.75 Å². The summed E-state index contributed by atoms with van der Waals surface area (Å²) in [6.07, 6.45) is 0. The summed E-state index contributed by atoms with van der Waals surface area (Å²) in [6.45, 7) is 0. The summed E-state index contributed by atoms with van der Waals surface area (Å²) in [5, 5.41) is 11.7. The summed E-state index contributed by atoms with van der Waals surface area (Å²) in [4.78, 5) is 17.5. The number of hydrazone groups is 1. The lowest BCUT2D eigenvalue weighted by atomic mass is 10.1. The van der Waals surface area contributed by atoms with Crippen molar-refractivity contribution >= 4 is 23.0 Å². The van der Waals surface area contributed by atoms with Crippen LogP contribution in [0.5, 0.6) is 23.0 Å². The van der Waals surface area contributed by atoms with E-state index in [4.69, 9.17) is 30.5 Å². The Hall–Kier alpha value is -4.57. The lowest BCUT2D eigenvalue weighted by Gasteiger charge is -2.15. The quantitative estimate of drug-likeness (QED) is 0.246. The number of ether oxygens (including phenoxy) is 4. The molecule has 0 bridgehead atoms. The molecule has 0 aliphatic rings. The summed E-state index contributed by atoms with van der Waals surface area (Å²) >= 11 is 6.02. The number of halogens is 1. The van der Waals surface area contributed by atoms with Gasteiger partial charge >= 0.3 is 0 Å². The van der Waals surface area contributed by atoms with Crippen molar-refractivity contribution in [3.8, 4) is 34.4 Å². The standard InChI is InChI=1S/C26H24ClN5O5/c1-34-19-11-9-18(10-12-19)29-30-22(16-13-20(35-2)24(37-4)21(14-16)36-3)23-26(33)32-31-25(28-23)15-5-7-17(27)8-6-15/h5-14,29H,1-4H3,(H,32,33)/b30-22+. The molecule has 190 valence electrons. The zero-order valence-electron chi connectivity index (χ0n) is 20.5. The number of benzene rings is 3. The van der Waals surface area contributed by atoms with Gasteiger partial charge in [0, 0.05) is 16.1 Å². The Kier molecular flexibility index (Phi) is 7.89. The Morgan fingerprint density at radius 3 is 2.11 bits per heavy atom. The summed E-state index contributed by atoms with van der Waals surface area (Å²) in [7, 11) is 6.10. The van der Waals surface area contributed by atoms with E-state index in [-0.39, 0.29) is 17.2 Å². The van der Waals surface area contributed by atoms with E-state index in [2.05, 4.69) is 25.7 Å². The third kappa shape index (κ3) is 5.65. The van der Waals surface area contributed by atoms with Crippen LogP contribution in [0.25, 0.3) is 11.4 Å². The fourth-order valence-electron chi connectivity index (χ4n) is 3.48. The van der Waals surface area contributed by atoms with Gasteiger partial charge in [0.1, 0.15) is 11.5 Å². The molecule has 4 aromatic rings. The van der Waals surface area contributed by atoms with Crippen molar-refractivity contribution in [2.24, 2.45) is 5.10 Å². The third-order valence-electron chi connectivity index (χ3n) is 5.35. The Morgan fingerprint density at radius 1 is 0.892 bits per heavy atom. The molecule has 0 fully saturated rings. The molecule has 2 N–H and O–H groups in total. The van der Waals surface area contributed by atoms with Gasteiger partial charge in [-0.05, 0) is 60.7 Å². The minimum absolute atomic E-state index is 0.0234. The molecule has 11 heteroatoms. The number of methoxy groups -OCH3 is 4. The molecule has 0 radical (unpaired) electrons. The average Bonchev–Trinajstić information content (AvgIpc) is 2.94. The van der Waals surface area contributed by atoms with E-state index in [9.17, 15) is 4.79 Å². The number of nitrogens with zero attached hydrogens (tertiary/aromatic N) is 3. The van der Waals surface area contributed by atoms with E-state index >= 15 is 0 Å². The molecule has 0 saturated carbocycles. The normalized spacial score (nSPS) is 11.1. The zero-order chi connectivity index (χ0) is 26.4. The molecule has 0 aliphatic heterocycles. The van der Waals surface area contributed by atoms with Gasteiger partial charge in [-0.3, -0.25) is 10.2 Å². The van der Waals surface area contributed by atoms with Crippen LogP contribution in [0.4, 0.5) is 5.69 Å². The molecule has 0 amide bonds. The van der Waals surface area contributed by atoms with Gasteiger partial charge in [0.05, 0.1) is 34.1 Å². The van der Waals surface area contributed by atoms with E-state index in [1.807, 2.05) is 0 Å². The second-order valence-electron chi connectivity index (χ2n) is 7.56. The Morgan fingerprint density at radius 2 is 1.54 bits per heavy atom. The van der Waals surface area contributed by atoms with Crippen LogP contribution >= 0.6 is 11.6 Å². The maximum Gasteiger partial charge on any atom is 0.292 e. The number of hydrogen-bond acceptors (Lipinski definition) is 9. The number of aromatic nitrogens is 3. The van der Waals surface area contributed by atoms with E-state index < -0.39 is 5.56 Å². The molecule has 0 unspecified atom stereocenters. The first-order valence-corrected chi connectivity index (χ1v) is 11.4. The first-order valence-electron chi connectivity index (χ1n) is 11.0. The molecule has 1 aromatic heterocycles. The van der Waals surface area contributed by atoms with E-state index in [0.717, 1.165) is 0 Å². The lowest BCUT2D eigenvalue weighted by Crippen LogP contribution is -2.24. The number of H-pyrrole nitrogens is 1. The number of rotatable bonds is 9. The Balaban J connectivity index is 1.88. The zero-order valence-corrected chi connectivity index (χ0v) is 21.3. The minimum atomic E-state index is -0.540. The average molecular weight is 522 g/mol.